The molecule has 9 heteroatoms. The molecule has 0 saturated carbocycles. The first-order valence-electron chi connectivity index (χ1n) is 8.98. The maximum Gasteiger partial charge on any atom is 0.416 e. The van der Waals surface area contributed by atoms with Crippen LogP contribution >= 0.6 is 0 Å². The number of pyridine rings is 1. The highest BCUT2D eigenvalue weighted by atomic mass is 19.4. The predicted octanol–water partition coefficient (Wildman–Crippen LogP) is 3.08. The van der Waals surface area contributed by atoms with Crippen LogP contribution in [0, 0.1) is 6.92 Å². The van der Waals surface area contributed by atoms with E-state index < -0.39 is 30.1 Å². The Morgan fingerprint density at radius 1 is 1.00 bits per heavy atom. The van der Waals surface area contributed by atoms with Crippen molar-refractivity contribution in [1.29, 1.82) is 0 Å². The van der Waals surface area contributed by atoms with Gasteiger partial charge >= 0.3 is 6.18 Å². The highest BCUT2D eigenvalue weighted by Crippen LogP contribution is 2.30. The van der Waals surface area contributed by atoms with Crippen molar-refractivity contribution >= 4 is 28.3 Å². The van der Waals surface area contributed by atoms with Gasteiger partial charge in [0.05, 0.1) is 12.1 Å². The van der Waals surface area contributed by atoms with Crippen LogP contribution in [0.5, 0.6) is 0 Å². The molecule has 0 unspecified atom stereocenters. The molecule has 2 amide bonds. The van der Waals surface area contributed by atoms with Crippen molar-refractivity contribution in [3.05, 3.63) is 76.2 Å². The van der Waals surface area contributed by atoms with E-state index in [4.69, 9.17) is 0 Å². The Morgan fingerprint density at radius 3 is 2.47 bits per heavy atom. The Hall–Kier alpha value is -3.62. The monoisotopic (exact) mass is 417 g/mol. The second kappa shape index (κ2) is 8.40. The fourth-order valence-electron chi connectivity index (χ4n) is 2.98. The number of carbonyl (C=O) groups is 2. The Balaban J connectivity index is 1.62. The van der Waals surface area contributed by atoms with Gasteiger partial charge in [0.2, 0.25) is 11.8 Å². The number of benzene rings is 2. The zero-order chi connectivity index (χ0) is 21.9. The molecule has 0 aliphatic carbocycles. The number of nitrogens with zero attached hydrogens (tertiary/aromatic N) is 1. The van der Waals surface area contributed by atoms with Gasteiger partial charge in [-0.3, -0.25) is 14.4 Å². The van der Waals surface area contributed by atoms with Crippen LogP contribution in [-0.2, 0) is 22.3 Å². The summed E-state index contributed by atoms with van der Waals surface area (Å²) >= 11 is 0. The molecular weight excluding hydrogens is 399 g/mol. The van der Waals surface area contributed by atoms with E-state index in [-0.39, 0.29) is 17.8 Å². The Bertz CT molecular complexity index is 1170. The minimum atomic E-state index is -4.53. The van der Waals surface area contributed by atoms with Crippen LogP contribution < -0.4 is 16.2 Å². The van der Waals surface area contributed by atoms with Crippen LogP contribution in [0.15, 0.2) is 59.4 Å². The van der Waals surface area contributed by atoms with Gasteiger partial charge in [-0.05, 0) is 42.6 Å². The standard InChI is InChI=1S/C21H18F3N3O3/c1-13-9-14-5-2-3-8-17(14)20(30)27(13)12-19(29)25-11-18(28)26-16-7-4-6-15(10-16)21(22,23)24/h2-10H,11-12H2,1H3,(H,25,29)(H,26,28). The lowest BCUT2D eigenvalue weighted by atomic mass is 10.1. The van der Waals surface area contributed by atoms with Crippen LogP contribution in [0.25, 0.3) is 10.8 Å². The molecule has 0 fully saturated rings. The molecular formula is C21H18F3N3O3. The lowest BCUT2D eigenvalue weighted by Crippen LogP contribution is -2.37. The Morgan fingerprint density at radius 2 is 1.73 bits per heavy atom. The van der Waals surface area contributed by atoms with E-state index >= 15 is 0 Å². The second-order valence-electron chi connectivity index (χ2n) is 6.67. The predicted molar refractivity (Wildman–Crippen MR) is 106 cm³/mol. The zero-order valence-electron chi connectivity index (χ0n) is 15.9. The first kappa shape index (κ1) is 21.1. The SMILES string of the molecule is Cc1cc2ccccc2c(=O)n1CC(=O)NCC(=O)Nc1cccc(C(F)(F)F)c1. The summed E-state index contributed by atoms with van der Waals surface area (Å²) in [5.74, 6) is -1.26. The number of nitrogens with one attached hydrogen (secondary N) is 2. The summed E-state index contributed by atoms with van der Waals surface area (Å²) in [6, 6.07) is 12.9. The lowest BCUT2D eigenvalue weighted by Gasteiger charge is -2.12. The summed E-state index contributed by atoms with van der Waals surface area (Å²) in [6.45, 7) is 0.963. The quantitative estimate of drug-likeness (QED) is 0.670. The molecule has 156 valence electrons. The van der Waals surface area contributed by atoms with Crippen molar-refractivity contribution in [3.63, 3.8) is 0 Å². The zero-order valence-corrected chi connectivity index (χ0v) is 15.9. The molecule has 30 heavy (non-hydrogen) atoms. The third kappa shape index (κ3) is 4.86. The molecule has 0 spiro atoms. The summed E-state index contributed by atoms with van der Waals surface area (Å²) in [5.41, 5.74) is -0.669. The van der Waals surface area contributed by atoms with E-state index in [2.05, 4.69) is 10.6 Å². The first-order valence-corrected chi connectivity index (χ1v) is 8.98. The van der Waals surface area contributed by atoms with Gasteiger partial charge in [0, 0.05) is 16.8 Å². The average Bonchev–Trinajstić information content (AvgIpc) is 2.69. The molecule has 3 rings (SSSR count). The van der Waals surface area contributed by atoms with Gasteiger partial charge in [0.25, 0.3) is 5.56 Å². The number of amides is 2. The van der Waals surface area contributed by atoms with Gasteiger partial charge in [-0.2, -0.15) is 13.2 Å². The van der Waals surface area contributed by atoms with Gasteiger partial charge in [0.15, 0.2) is 0 Å². The summed E-state index contributed by atoms with van der Waals surface area (Å²) < 4.78 is 39.5. The van der Waals surface area contributed by atoms with E-state index in [1.807, 2.05) is 0 Å². The van der Waals surface area contributed by atoms with Gasteiger partial charge in [0.1, 0.15) is 6.54 Å². The number of halogens is 3. The number of aromatic nitrogens is 1. The maximum absolute atomic E-state index is 12.7. The molecule has 6 nitrogen and oxygen atoms in total. The number of anilines is 1. The van der Waals surface area contributed by atoms with Crippen LogP contribution in [0.2, 0.25) is 0 Å². The van der Waals surface area contributed by atoms with Gasteiger partial charge in [-0.15, -0.1) is 0 Å². The fraction of sp³-hybridized carbons (Fsp3) is 0.190. The molecule has 0 aliphatic heterocycles. The third-order valence-corrected chi connectivity index (χ3v) is 4.45. The largest absolute Gasteiger partial charge is 0.416 e. The summed E-state index contributed by atoms with van der Waals surface area (Å²) in [4.78, 5) is 36.7. The molecule has 3 aromatic rings. The van der Waals surface area contributed by atoms with E-state index in [9.17, 15) is 27.6 Å². The molecule has 2 aromatic carbocycles. The molecule has 0 saturated heterocycles. The van der Waals surface area contributed by atoms with Crippen molar-refractivity contribution in [2.75, 3.05) is 11.9 Å². The highest BCUT2D eigenvalue weighted by Gasteiger charge is 2.30. The van der Waals surface area contributed by atoms with Gasteiger partial charge < -0.3 is 15.2 Å². The van der Waals surface area contributed by atoms with E-state index in [1.165, 1.54) is 16.7 Å². The molecule has 0 radical (unpaired) electrons. The van der Waals surface area contributed by atoms with Crippen molar-refractivity contribution in [2.24, 2.45) is 0 Å². The number of hydrogen-bond acceptors (Lipinski definition) is 3. The number of alkyl halides is 3. The van der Waals surface area contributed by atoms with Crippen molar-refractivity contribution in [2.45, 2.75) is 19.6 Å². The average molecular weight is 417 g/mol. The summed E-state index contributed by atoms with van der Waals surface area (Å²) in [6.07, 6.45) is -4.53. The molecule has 0 bridgehead atoms. The number of fused-ring (bicyclic) bond motifs is 1. The minimum absolute atomic E-state index is 0.0364. The molecule has 2 N–H and O–H groups in total. The number of aryl methyl sites for hydroxylation is 1. The molecule has 1 heterocycles. The summed E-state index contributed by atoms with van der Waals surface area (Å²) in [5, 5.41) is 5.90. The summed E-state index contributed by atoms with van der Waals surface area (Å²) in [7, 11) is 0. The fourth-order valence-corrected chi connectivity index (χ4v) is 2.98. The minimum Gasteiger partial charge on any atom is -0.345 e. The van der Waals surface area contributed by atoms with E-state index in [0.29, 0.717) is 11.1 Å². The third-order valence-electron chi connectivity index (χ3n) is 4.45. The lowest BCUT2D eigenvalue weighted by molar-refractivity contribution is -0.137. The van der Waals surface area contributed by atoms with E-state index in [0.717, 1.165) is 17.5 Å². The van der Waals surface area contributed by atoms with Crippen molar-refractivity contribution < 1.29 is 22.8 Å². The molecule has 0 atom stereocenters. The first-order chi connectivity index (χ1) is 14.1. The number of rotatable bonds is 5. The van der Waals surface area contributed by atoms with Crippen LogP contribution in [0.1, 0.15) is 11.3 Å². The number of carbonyl (C=O) groups excluding carboxylic acids is 2. The van der Waals surface area contributed by atoms with Crippen LogP contribution in [-0.4, -0.2) is 22.9 Å². The van der Waals surface area contributed by atoms with Gasteiger partial charge in [-0.1, -0.05) is 24.3 Å². The van der Waals surface area contributed by atoms with Crippen molar-refractivity contribution in [3.8, 4) is 0 Å². The topological polar surface area (TPSA) is 80.2 Å². The smallest absolute Gasteiger partial charge is 0.345 e. The second-order valence-corrected chi connectivity index (χ2v) is 6.67. The van der Waals surface area contributed by atoms with E-state index in [1.54, 1.807) is 37.3 Å². The molecule has 1 aromatic heterocycles. The maximum atomic E-state index is 12.7. The molecule has 0 aliphatic rings. The van der Waals surface area contributed by atoms with Gasteiger partial charge in [-0.25, -0.2) is 0 Å². The normalized spacial score (nSPS) is 11.3. The van der Waals surface area contributed by atoms with Crippen LogP contribution in [0.4, 0.5) is 18.9 Å². The Kier molecular flexibility index (Phi) is 5.91. The number of hydrogen-bond donors (Lipinski definition) is 2. The highest BCUT2D eigenvalue weighted by molar-refractivity contribution is 5.94. The Labute approximate surface area is 169 Å². The van der Waals surface area contributed by atoms with Crippen LogP contribution in [0.3, 0.4) is 0 Å². The van der Waals surface area contributed by atoms with Crippen molar-refractivity contribution in [1.82, 2.24) is 9.88 Å².